The molecular formula is C18H16Cl2N2O4. The smallest absolute Gasteiger partial charge is 0.311 e. The monoisotopic (exact) mass is 394 g/mol. The van der Waals surface area contributed by atoms with E-state index in [1.54, 1.807) is 18.2 Å². The minimum atomic E-state index is -1.03. The predicted octanol–water partition coefficient (Wildman–Crippen LogP) is 3.21. The van der Waals surface area contributed by atoms with Crippen molar-refractivity contribution >= 4 is 46.7 Å². The van der Waals surface area contributed by atoms with E-state index in [-0.39, 0.29) is 6.42 Å². The number of ether oxygens (including phenoxy) is 1. The molecule has 0 saturated heterocycles. The number of carbonyl (C=O) groups excluding carboxylic acids is 3. The molecule has 0 radical (unpaired) electrons. The summed E-state index contributed by atoms with van der Waals surface area (Å²) in [5.74, 6) is -1.72. The first-order valence-electron chi connectivity index (χ1n) is 7.61. The molecule has 2 aromatic rings. The van der Waals surface area contributed by atoms with Crippen molar-refractivity contribution in [3.8, 4) is 0 Å². The van der Waals surface area contributed by atoms with Gasteiger partial charge >= 0.3 is 5.97 Å². The van der Waals surface area contributed by atoms with Crippen LogP contribution in [0.2, 0.25) is 10.0 Å². The van der Waals surface area contributed by atoms with Crippen molar-refractivity contribution in [1.82, 2.24) is 0 Å². The van der Waals surface area contributed by atoms with E-state index in [0.29, 0.717) is 26.9 Å². The van der Waals surface area contributed by atoms with Crippen LogP contribution in [-0.4, -0.2) is 23.9 Å². The Morgan fingerprint density at radius 3 is 2.19 bits per heavy atom. The third-order valence-electron chi connectivity index (χ3n) is 3.50. The van der Waals surface area contributed by atoms with E-state index in [0.717, 1.165) is 0 Å². The highest BCUT2D eigenvalue weighted by Crippen LogP contribution is 2.25. The van der Waals surface area contributed by atoms with Crippen molar-refractivity contribution < 1.29 is 19.1 Å². The fourth-order valence-electron chi connectivity index (χ4n) is 2.10. The van der Waals surface area contributed by atoms with Gasteiger partial charge in [0, 0.05) is 26.9 Å². The quantitative estimate of drug-likeness (QED) is 0.734. The van der Waals surface area contributed by atoms with Crippen molar-refractivity contribution in [2.24, 2.45) is 5.73 Å². The van der Waals surface area contributed by atoms with Crippen LogP contribution in [0.1, 0.15) is 22.8 Å². The zero-order chi connectivity index (χ0) is 19.3. The number of hydrogen-bond acceptors (Lipinski definition) is 4. The molecular weight excluding hydrogens is 379 g/mol. The minimum absolute atomic E-state index is 0.149. The second-order valence-electron chi connectivity index (χ2n) is 5.44. The molecule has 6 nitrogen and oxygen atoms in total. The molecule has 26 heavy (non-hydrogen) atoms. The lowest BCUT2D eigenvalue weighted by Crippen LogP contribution is -2.30. The van der Waals surface area contributed by atoms with E-state index in [1.165, 1.54) is 31.2 Å². The Kier molecular flexibility index (Phi) is 6.60. The number of esters is 1. The van der Waals surface area contributed by atoms with Gasteiger partial charge in [0.05, 0.1) is 6.42 Å². The molecule has 0 aliphatic rings. The second-order valence-corrected chi connectivity index (χ2v) is 6.25. The van der Waals surface area contributed by atoms with Gasteiger partial charge in [-0.2, -0.15) is 0 Å². The number of primary amides is 1. The lowest BCUT2D eigenvalue weighted by atomic mass is 10.1. The molecule has 3 N–H and O–H groups in total. The van der Waals surface area contributed by atoms with E-state index in [1.807, 2.05) is 0 Å². The first kappa shape index (κ1) is 19.8. The van der Waals surface area contributed by atoms with Crippen LogP contribution in [0.3, 0.4) is 0 Å². The fourth-order valence-corrected chi connectivity index (χ4v) is 2.63. The van der Waals surface area contributed by atoms with E-state index >= 15 is 0 Å². The van der Waals surface area contributed by atoms with Crippen molar-refractivity contribution in [2.45, 2.75) is 19.4 Å². The maximum atomic E-state index is 12.1. The average molecular weight is 395 g/mol. The molecule has 1 atom stereocenters. The molecule has 0 aliphatic carbocycles. The van der Waals surface area contributed by atoms with Gasteiger partial charge in [0.15, 0.2) is 6.10 Å². The molecule has 0 aromatic heterocycles. The van der Waals surface area contributed by atoms with Gasteiger partial charge in [-0.25, -0.2) is 0 Å². The topological polar surface area (TPSA) is 98.5 Å². The molecule has 0 fully saturated rings. The van der Waals surface area contributed by atoms with Crippen LogP contribution in [0, 0.1) is 0 Å². The number of nitrogens with one attached hydrogen (secondary N) is 1. The van der Waals surface area contributed by atoms with Gasteiger partial charge in [0.25, 0.3) is 5.91 Å². The van der Waals surface area contributed by atoms with Gasteiger partial charge in [0.1, 0.15) is 0 Å². The summed E-state index contributed by atoms with van der Waals surface area (Å²) in [5.41, 5.74) is 6.35. The Hall–Kier alpha value is -2.57. The molecule has 0 heterocycles. The highest BCUT2D eigenvalue weighted by Gasteiger charge is 2.20. The van der Waals surface area contributed by atoms with E-state index < -0.39 is 23.9 Å². The van der Waals surface area contributed by atoms with Crippen LogP contribution in [0.4, 0.5) is 5.69 Å². The van der Waals surface area contributed by atoms with Gasteiger partial charge < -0.3 is 15.8 Å². The van der Waals surface area contributed by atoms with E-state index in [4.69, 9.17) is 33.7 Å². The fraction of sp³-hybridized carbons (Fsp3) is 0.167. The molecule has 2 rings (SSSR count). The molecule has 136 valence electrons. The number of amides is 2. The van der Waals surface area contributed by atoms with Gasteiger partial charge in [-0.3, -0.25) is 14.4 Å². The lowest BCUT2D eigenvalue weighted by molar-refractivity contribution is -0.152. The first-order chi connectivity index (χ1) is 12.3. The number of hydrogen-bond donors (Lipinski definition) is 2. The van der Waals surface area contributed by atoms with Gasteiger partial charge in [-0.15, -0.1) is 0 Å². The SMILES string of the molecule is C[C@@H](OC(=O)Cc1c(Cl)cccc1Cl)C(=O)Nc1ccc(C(N)=O)cc1. The van der Waals surface area contributed by atoms with Crippen LogP contribution >= 0.6 is 23.2 Å². The van der Waals surface area contributed by atoms with Crippen LogP contribution in [-0.2, 0) is 20.7 Å². The van der Waals surface area contributed by atoms with Crippen LogP contribution < -0.4 is 11.1 Å². The van der Waals surface area contributed by atoms with Gasteiger partial charge in [-0.1, -0.05) is 29.3 Å². The summed E-state index contributed by atoms with van der Waals surface area (Å²) in [6.07, 6.45) is -1.18. The number of halogens is 2. The lowest BCUT2D eigenvalue weighted by Gasteiger charge is -2.14. The Morgan fingerprint density at radius 2 is 1.65 bits per heavy atom. The predicted molar refractivity (Wildman–Crippen MR) is 99.3 cm³/mol. The number of anilines is 1. The van der Waals surface area contributed by atoms with Gasteiger partial charge in [0.2, 0.25) is 5.91 Å². The first-order valence-corrected chi connectivity index (χ1v) is 8.36. The zero-order valence-corrected chi connectivity index (χ0v) is 15.3. The standard InChI is InChI=1S/C18H16Cl2N2O4/c1-10(18(25)22-12-7-5-11(6-8-12)17(21)24)26-16(23)9-13-14(19)3-2-4-15(13)20/h2-8,10H,9H2,1H3,(H2,21,24)(H,22,25)/t10-/m1/s1. The summed E-state index contributed by atoms with van der Waals surface area (Å²) < 4.78 is 5.12. The molecule has 0 spiro atoms. The normalized spacial score (nSPS) is 11.5. The van der Waals surface area contributed by atoms with E-state index in [2.05, 4.69) is 5.32 Å². The van der Waals surface area contributed by atoms with Crippen molar-refractivity contribution in [1.29, 1.82) is 0 Å². The third kappa shape index (κ3) is 5.21. The third-order valence-corrected chi connectivity index (χ3v) is 4.21. The number of carbonyl (C=O) groups is 3. The molecule has 8 heteroatoms. The maximum Gasteiger partial charge on any atom is 0.311 e. The minimum Gasteiger partial charge on any atom is -0.452 e. The summed E-state index contributed by atoms with van der Waals surface area (Å²) in [7, 11) is 0. The number of nitrogens with two attached hydrogens (primary N) is 1. The number of benzene rings is 2. The summed E-state index contributed by atoms with van der Waals surface area (Å²) >= 11 is 12.0. The second kappa shape index (κ2) is 8.69. The number of rotatable bonds is 6. The van der Waals surface area contributed by atoms with Gasteiger partial charge in [-0.05, 0) is 43.3 Å². The Labute approximate surface area is 160 Å². The Bertz CT molecular complexity index is 817. The Balaban J connectivity index is 1.93. The molecule has 0 unspecified atom stereocenters. The maximum absolute atomic E-state index is 12.1. The van der Waals surface area contributed by atoms with Crippen molar-refractivity contribution in [2.75, 3.05) is 5.32 Å². The molecule has 2 amide bonds. The summed E-state index contributed by atoms with van der Waals surface area (Å²) in [5, 5.41) is 3.28. The molecule has 2 aromatic carbocycles. The molecule has 0 aliphatic heterocycles. The summed E-state index contributed by atoms with van der Waals surface area (Å²) in [6.45, 7) is 1.44. The van der Waals surface area contributed by atoms with Crippen molar-refractivity contribution in [3.63, 3.8) is 0 Å². The largest absolute Gasteiger partial charge is 0.452 e. The van der Waals surface area contributed by atoms with Crippen LogP contribution in [0.5, 0.6) is 0 Å². The molecule has 0 saturated carbocycles. The summed E-state index contributed by atoms with van der Waals surface area (Å²) in [4.78, 5) is 35.2. The van der Waals surface area contributed by atoms with Crippen LogP contribution in [0.15, 0.2) is 42.5 Å². The van der Waals surface area contributed by atoms with E-state index in [9.17, 15) is 14.4 Å². The molecule has 0 bridgehead atoms. The van der Waals surface area contributed by atoms with Crippen molar-refractivity contribution in [3.05, 3.63) is 63.6 Å². The van der Waals surface area contributed by atoms with Crippen LogP contribution in [0.25, 0.3) is 0 Å². The highest BCUT2D eigenvalue weighted by atomic mass is 35.5. The Morgan fingerprint density at radius 1 is 1.08 bits per heavy atom. The summed E-state index contributed by atoms with van der Waals surface area (Å²) in [6, 6.07) is 10.9. The zero-order valence-electron chi connectivity index (χ0n) is 13.8. The average Bonchev–Trinajstić information content (AvgIpc) is 2.58. The highest BCUT2D eigenvalue weighted by molar-refractivity contribution is 6.36.